The summed E-state index contributed by atoms with van der Waals surface area (Å²) in [5.41, 5.74) is 1.84. The van der Waals surface area contributed by atoms with Gasteiger partial charge in [0.1, 0.15) is 0 Å². The monoisotopic (exact) mass is 283 g/mol. The van der Waals surface area contributed by atoms with Gasteiger partial charge in [-0.1, -0.05) is 6.07 Å². The quantitative estimate of drug-likeness (QED) is 0.413. The van der Waals surface area contributed by atoms with Crippen molar-refractivity contribution in [2.24, 2.45) is 0 Å². The van der Waals surface area contributed by atoms with Crippen LogP contribution >= 0.6 is 0 Å². The zero-order valence-corrected chi connectivity index (χ0v) is 11.6. The molecule has 0 unspecified atom stereocenters. The number of nitrogens with zero attached hydrogens (tertiary/aromatic N) is 5. The van der Waals surface area contributed by atoms with Crippen LogP contribution in [0.3, 0.4) is 0 Å². The lowest BCUT2D eigenvalue weighted by molar-refractivity contribution is -0.603. The molecule has 1 aromatic carbocycles. The van der Waals surface area contributed by atoms with E-state index in [1.165, 1.54) is 6.07 Å². The first kappa shape index (κ1) is 13.0. The van der Waals surface area contributed by atoms with Crippen molar-refractivity contribution in [3.8, 4) is 5.95 Å². The molecule has 2 aromatic heterocycles. The molecule has 0 N–H and O–H groups in total. The van der Waals surface area contributed by atoms with E-state index in [0.717, 1.165) is 5.69 Å². The summed E-state index contributed by atoms with van der Waals surface area (Å²) in [6.07, 6.45) is 3.66. The van der Waals surface area contributed by atoms with Gasteiger partial charge in [-0.05, 0) is 18.2 Å². The lowest BCUT2D eigenvalue weighted by atomic mass is 10.3. The van der Waals surface area contributed by atoms with Crippen molar-refractivity contribution in [2.75, 3.05) is 19.0 Å². The van der Waals surface area contributed by atoms with Crippen LogP contribution in [0, 0.1) is 10.1 Å². The van der Waals surface area contributed by atoms with Gasteiger partial charge in [0, 0.05) is 38.2 Å². The lowest BCUT2D eigenvalue weighted by Gasteiger charge is -2.12. The summed E-state index contributed by atoms with van der Waals surface area (Å²) in [6, 6.07) is 8.61. The van der Waals surface area contributed by atoms with Crippen LogP contribution in [0.25, 0.3) is 17.0 Å². The van der Waals surface area contributed by atoms with E-state index in [1.807, 2.05) is 43.5 Å². The molecular weight excluding hydrogens is 270 g/mol. The maximum absolute atomic E-state index is 11.0. The molecule has 0 aliphatic carbocycles. The molecule has 0 saturated heterocycles. The molecule has 0 aliphatic rings. The highest BCUT2D eigenvalue weighted by molar-refractivity contribution is 5.84. The molecule has 0 radical (unpaired) electrons. The first-order valence-electron chi connectivity index (χ1n) is 6.33. The van der Waals surface area contributed by atoms with Crippen molar-refractivity contribution >= 4 is 22.4 Å². The van der Waals surface area contributed by atoms with Crippen LogP contribution in [-0.4, -0.2) is 24.0 Å². The van der Waals surface area contributed by atoms with E-state index in [1.54, 1.807) is 16.7 Å². The Morgan fingerprint density at radius 3 is 2.57 bits per heavy atom. The molecule has 106 valence electrons. The number of fused-ring (bicyclic) bond motifs is 1. The smallest absolute Gasteiger partial charge is 0.297 e. The molecule has 0 spiro atoms. The topological polar surface area (TPSA) is 77.2 Å². The number of imidazole rings is 1. The Kier molecular flexibility index (Phi) is 3.02. The molecule has 3 aromatic rings. The lowest BCUT2D eigenvalue weighted by Crippen LogP contribution is -2.31. The first-order valence-corrected chi connectivity index (χ1v) is 6.33. The van der Waals surface area contributed by atoms with Crippen molar-refractivity contribution < 1.29 is 9.49 Å². The van der Waals surface area contributed by atoms with Crippen LogP contribution in [0.2, 0.25) is 0 Å². The number of hydrogen-bond donors (Lipinski definition) is 0. The number of para-hydroxylation sites is 1. The predicted octanol–water partition coefficient (Wildman–Crippen LogP) is 1.44. The highest BCUT2D eigenvalue weighted by Gasteiger charge is 2.16. The number of nitro groups is 1. The molecule has 0 saturated carbocycles. The molecule has 0 atom stereocenters. The van der Waals surface area contributed by atoms with Gasteiger partial charge in [-0.3, -0.25) is 14.7 Å². The van der Waals surface area contributed by atoms with Crippen molar-refractivity contribution in [3.63, 3.8) is 0 Å². The molecule has 0 amide bonds. The Hall–Kier alpha value is -2.96. The van der Waals surface area contributed by atoms with Gasteiger partial charge in [0.05, 0.1) is 10.4 Å². The van der Waals surface area contributed by atoms with Crippen molar-refractivity contribution in [2.45, 2.75) is 0 Å². The van der Waals surface area contributed by atoms with Crippen LogP contribution in [0.15, 0.2) is 42.7 Å². The SMILES string of the molecule is CN(C)c1cc[n+](-c2nc3cccc([N+](=O)[O-])c3[n-]2)cc1. The van der Waals surface area contributed by atoms with E-state index in [4.69, 9.17) is 0 Å². The predicted molar refractivity (Wildman–Crippen MR) is 77.6 cm³/mol. The van der Waals surface area contributed by atoms with Gasteiger partial charge in [0.2, 0.25) is 5.95 Å². The second kappa shape index (κ2) is 4.86. The summed E-state index contributed by atoms with van der Waals surface area (Å²) in [5, 5.41) is 11.0. The molecule has 2 heterocycles. The average molecular weight is 283 g/mol. The van der Waals surface area contributed by atoms with Gasteiger partial charge in [-0.2, -0.15) is 0 Å². The summed E-state index contributed by atoms with van der Waals surface area (Å²) < 4.78 is 1.73. The average Bonchev–Trinajstić information content (AvgIpc) is 2.90. The molecule has 21 heavy (non-hydrogen) atoms. The number of benzene rings is 1. The van der Waals surface area contributed by atoms with Gasteiger partial charge in [0.25, 0.3) is 5.69 Å². The van der Waals surface area contributed by atoms with Crippen LogP contribution < -0.4 is 14.5 Å². The van der Waals surface area contributed by atoms with Gasteiger partial charge in [-0.25, -0.2) is 9.97 Å². The number of nitro benzene ring substituents is 1. The number of pyridine rings is 1. The van der Waals surface area contributed by atoms with Crippen molar-refractivity contribution in [1.82, 2.24) is 9.97 Å². The number of rotatable bonds is 3. The second-order valence-corrected chi connectivity index (χ2v) is 4.78. The molecule has 0 fully saturated rings. The van der Waals surface area contributed by atoms with Crippen LogP contribution in [0.4, 0.5) is 11.4 Å². The summed E-state index contributed by atoms with van der Waals surface area (Å²) in [7, 11) is 3.91. The number of anilines is 1. The number of aromatic nitrogens is 3. The molecule has 0 aliphatic heterocycles. The summed E-state index contributed by atoms with van der Waals surface area (Å²) in [6.45, 7) is 0. The van der Waals surface area contributed by atoms with E-state index in [0.29, 0.717) is 17.0 Å². The minimum absolute atomic E-state index is 0.0308. The van der Waals surface area contributed by atoms with Crippen molar-refractivity contribution in [3.05, 3.63) is 52.8 Å². The first-order chi connectivity index (χ1) is 10.1. The third-order valence-corrected chi connectivity index (χ3v) is 3.18. The third kappa shape index (κ3) is 2.29. The zero-order valence-electron chi connectivity index (χ0n) is 11.6. The van der Waals surface area contributed by atoms with Gasteiger partial charge in [-0.15, -0.1) is 0 Å². The van der Waals surface area contributed by atoms with E-state index < -0.39 is 4.92 Å². The molecule has 3 rings (SSSR count). The van der Waals surface area contributed by atoms with E-state index in [-0.39, 0.29) is 5.69 Å². The highest BCUT2D eigenvalue weighted by Crippen LogP contribution is 2.22. The van der Waals surface area contributed by atoms with E-state index >= 15 is 0 Å². The van der Waals surface area contributed by atoms with Gasteiger partial charge < -0.3 is 4.90 Å². The normalized spacial score (nSPS) is 10.8. The highest BCUT2D eigenvalue weighted by atomic mass is 16.6. The minimum Gasteiger partial charge on any atom is -0.378 e. The molecular formula is C14H13N5O2. The Labute approximate surface area is 120 Å². The van der Waals surface area contributed by atoms with E-state index in [9.17, 15) is 10.1 Å². The summed E-state index contributed by atoms with van der Waals surface area (Å²) in [5.74, 6) is 0.421. The zero-order chi connectivity index (χ0) is 15.0. The van der Waals surface area contributed by atoms with Crippen LogP contribution in [0.1, 0.15) is 0 Å². The molecule has 0 bridgehead atoms. The Morgan fingerprint density at radius 2 is 1.95 bits per heavy atom. The fourth-order valence-electron chi connectivity index (χ4n) is 2.07. The third-order valence-electron chi connectivity index (χ3n) is 3.18. The largest absolute Gasteiger partial charge is 0.378 e. The fourth-order valence-corrected chi connectivity index (χ4v) is 2.07. The Morgan fingerprint density at radius 1 is 1.24 bits per heavy atom. The number of hydrogen-bond acceptors (Lipinski definition) is 4. The van der Waals surface area contributed by atoms with Crippen molar-refractivity contribution in [1.29, 1.82) is 0 Å². The minimum atomic E-state index is -0.444. The number of non-ortho nitro benzene ring substituents is 1. The maximum atomic E-state index is 11.0. The Bertz CT molecular complexity index is 808. The molecule has 7 heteroatoms. The van der Waals surface area contributed by atoms with Gasteiger partial charge >= 0.3 is 0 Å². The fraction of sp³-hybridized carbons (Fsp3) is 0.143. The Balaban J connectivity index is 2.09. The maximum Gasteiger partial charge on any atom is 0.297 e. The van der Waals surface area contributed by atoms with E-state index in [2.05, 4.69) is 9.97 Å². The van der Waals surface area contributed by atoms with Crippen LogP contribution in [0.5, 0.6) is 0 Å². The summed E-state index contributed by atoms with van der Waals surface area (Å²) >= 11 is 0. The standard InChI is InChI=1S/C14H13N5O2/c1-17(2)10-6-8-18(9-7-10)14-15-11-4-3-5-12(19(20)21)13(11)16-14/h3-9H,1-2H3. The molecule has 7 nitrogen and oxygen atoms in total. The van der Waals surface area contributed by atoms with Crippen LogP contribution in [-0.2, 0) is 0 Å². The summed E-state index contributed by atoms with van der Waals surface area (Å²) in [4.78, 5) is 21.2. The second-order valence-electron chi connectivity index (χ2n) is 4.78. The van der Waals surface area contributed by atoms with Gasteiger partial charge in [0.15, 0.2) is 5.52 Å².